The number of nitrogens with zero attached hydrogens (tertiary/aromatic N) is 5. The van der Waals surface area contributed by atoms with E-state index in [0.29, 0.717) is 28.6 Å². The molecular formula is C31H41ClN6O4SSi. The summed E-state index contributed by atoms with van der Waals surface area (Å²) < 4.78 is 16.2. The number of benzene rings is 1. The molecule has 2 fully saturated rings. The molecular weight excluding hydrogens is 616 g/mol. The van der Waals surface area contributed by atoms with E-state index in [4.69, 9.17) is 26.1 Å². The summed E-state index contributed by atoms with van der Waals surface area (Å²) in [5, 5.41) is 4.16. The van der Waals surface area contributed by atoms with E-state index in [9.17, 15) is 9.59 Å². The number of hydrogen-bond acceptors (Lipinski definition) is 8. The monoisotopic (exact) mass is 656 g/mol. The number of carbonyl (C=O) groups is 1. The highest BCUT2D eigenvalue weighted by Crippen LogP contribution is 2.42. The number of thiazole rings is 1. The maximum Gasteiger partial charge on any atom is 0.407 e. The first-order valence-corrected chi connectivity index (χ1v) is 20.2. The van der Waals surface area contributed by atoms with Gasteiger partial charge in [0.05, 0.1) is 38.2 Å². The molecule has 0 spiro atoms. The van der Waals surface area contributed by atoms with Gasteiger partial charge in [-0.1, -0.05) is 37.3 Å². The van der Waals surface area contributed by atoms with E-state index < -0.39 is 19.8 Å². The van der Waals surface area contributed by atoms with Gasteiger partial charge in [-0.25, -0.2) is 9.78 Å². The van der Waals surface area contributed by atoms with Crippen LogP contribution in [0.5, 0.6) is 0 Å². The lowest BCUT2D eigenvalue weighted by atomic mass is 9.96. The lowest BCUT2D eigenvalue weighted by molar-refractivity contribution is 0.0497. The quantitative estimate of drug-likeness (QED) is 0.168. The number of halogens is 1. The fourth-order valence-electron chi connectivity index (χ4n) is 6.40. The summed E-state index contributed by atoms with van der Waals surface area (Å²) in [4.78, 5) is 38.7. The Labute approximate surface area is 267 Å². The van der Waals surface area contributed by atoms with E-state index in [0.717, 1.165) is 46.7 Å². The highest BCUT2D eigenvalue weighted by molar-refractivity contribution is 7.17. The molecule has 4 aromatic rings. The number of carbonyl (C=O) groups excluding carboxylic acids is 1. The average Bonchev–Trinajstić information content (AvgIpc) is 3.70. The van der Waals surface area contributed by atoms with Gasteiger partial charge in [-0.3, -0.25) is 9.36 Å². The summed E-state index contributed by atoms with van der Waals surface area (Å²) in [5.74, 6) is 0.598. The van der Waals surface area contributed by atoms with Gasteiger partial charge in [0.25, 0.3) is 5.56 Å². The van der Waals surface area contributed by atoms with Gasteiger partial charge in [0.15, 0.2) is 5.65 Å². The number of hydrogen-bond donors (Lipinski definition) is 1. The van der Waals surface area contributed by atoms with Gasteiger partial charge in [-0.15, -0.1) is 11.3 Å². The Kier molecular flexibility index (Phi) is 8.09. The summed E-state index contributed by atoms with van der Waals surface area (Å²) in [6, 6.07) is 4.99. The Morgan fingerprint density at radius 2 is 1.98 bits per heavy atom. The van der Waals surface area contributed by atoms with Crippen LogP contribution < -0.4 is 15.8 Å². The van der Waals surface area contributed by atoms with Gasteiger partial charge in [-0.2, -0.15) is 4.98 Å². The van der Waals surface area contributed by atoms with Crippen LogP contribution in [0.3, 0.4) is 0 Å². The largest absolute Gasteiger partial charge is 0.444 e. The number of rotatable bonds is 8. The zero-order valence-electron chi connectivity index (χ0n) is 26.4. The summed E-state index contributed by atoms with van der Waals surface area (Å²) in [7, 11) is 0.498. The summed E-state index contributed by atoms with van der Waals surface area (Å²) in [6.07, 6.45) is 4.17. The molecule has 1 N–H and O–H groups in total. The zero-order valence-corrected chi connectivity index (χ0v) is 29.0. The van der Waals surface area contributed by atoms with Crippen molar-refractivity contribution in [1.82, 2.24) is 24.4 Å². The number of aromatic nitrogens is 4. The Morgan fingerprint density at radius 3 is 2.70 bits per heavy atom. The van der Waals surface area contributed by atoms with Crippen LogP contribution in [0.4, 0.5) is 10.7 Å². The fourth-order valence-corrected chi connectivity index (χ4v) is 8.28. The standard InChI is InChI=1S/C31H41ClN6O4SSi/c1-31(2,3)42-30(40)34-22-14-18-8-11-23(22)38(18)29-35-27-24(28(39)36(29)4)20(15-37(27)17-41-12-13-44(5,6)7)19-9-10-21-26(25(19)32)43-16-33-21/h9-10,15-16,18,22-23H,8,11-14,17H2,1-7H3,(H,34,40)/t18?,22-,23-/m1/s1. The number of nitrogens with one attached hydrogen (secondary N) is 1. The highest BCUT2D eigenvalue weighted by atomic mass is 35.5. The topological polar surface area (TPSA) is 104 Å². The van der Waals surface area contributed by atoms with E-state index in [1.807, 2.05) is 43.7 Å². The van der Waals surface area contributed by atoms with E-state index in [2.05, 4.69) is 34.8 Å². The number of alkyl carbamates (subject to hydrolysis) is 1. The van der Waals surface area contributed by atoms with Crippen molar-refractivity contribution in [3.63, 3.8) is 0 Å². The van der Waals surface area contributed by atoms with Crippen LogP contribution in [0.25, 0.3) is 32.4 Å². The number of fused-ring (bicyclic) bond motifs is 4. The molecule has 3 aromatic heterocycles. The second kappa shape index (κ2) is 11.5. The third-order valence-electron chi connectivity index (χ3n) is 8.50. The average molecular weight is 657 g/mol. The molecule has 2 bridgehead atoms. The highest BCUT2D eigenvalue weighted by Gasteiger charge is 2.49. The maximum absolute atomic E-state index is 14.3. The van der Waals surface area contributed by atoms with Gasteiger partial charge in [0, 0.05) is 45.1 Å². The Balaban J connectivity index is 1.40. The van der Waals surface area contributed by atoms with Gasteiger partial charge in [-0.05, 0) is 52.1 Å². The van der Waals surface area contributed by atoms with Crippen LogP contribution in [0.15, 0.2) is 28.6 Å². The maximum atomic E-state index is 14.3. The minimum absolute atomic E-state index is 0.0159. The van der Waals surface area contributed by atoms with E-state index in [1.165, 1.54) is 11.3 Å². The number of amides is 1. The Morgan fingerprint density at radius 1 is 1.20 bits per heavy atom. The smallest absolute Gasteiger partial charge is 0.407 e. The third-order valence-corrected chi connectivity index (χ3v) is 11.6. The van der Waals surface area contributed by atoms with Crippen LogP contribution >= 0.6 is 22.9 Å². The molecule has 236 valence electrons. The van der Waals surface area contributed by atoms with Crippen LogP contribution in [0.1, 0.15) is 40.0 Å². The predicted molar refractivity (Wildman–Crippen MR) is 180 cm³/mol. The van der Waals surface area contributed by atoms with Crippen molar-refractivity contribution in [1.29, 1.82) is 0 Å². The molecule has 1 unspecified atom stereocenters. The van der Waals surface area contributed by atoms with Crippen molar-refractivity contribution in [3.05, 3.63) is 39.2 Å². The predicted octanol–water partition coefficient (Wildman–Crippen LogP) is 6.61. The van der Waals surface area contributed by atoms with Crippen molar-refractivity contribution in [3.8, 4) is 11.1 Å². The van der Waals surface area contributed by atoms with Crippen LogP contribution in [-0.4, -0.2) is 63.6 Å². The molecule has 1 aromatic carbocycles. The first kappa shape index (κ1) is 31.1. The van der Waals surface area contributed by atoms with E-state index >= 15 is 0 Å². The molecule has 10 nitrogen and oxygen atoms in total. The van der Waals surface area contributed by atoms with Crippen LogP contribution in [0.2, 0.25) is 30.7 Å². The molecule has 2 saturated heterocycles. The van der Waals surface area contributed by atoms with Crippen molar-refractivity contribution in [2.45, 2.75) is 96.2 Å². The second-order valence-electron chi connectivity index (χ2n) is 14.2. The fraction of sp³-hybridized carbons (Fsp3) is 0.548. The number of ether oxygens (including phenoxy) is 2. The van der Waals surface area contributed by atoms with Gasteiger partial charge in [0.1, 0.15) is 12.3 Å². The van der Waals surface area contributed by atoms with Crippen molar-refractivity contribution in [2.75, 3.05) is 11.5 Å². The number of anilines is 1. The van der Waals surface area contributed by atoms with Crippen LogP contribution in [-0.2, 0) is 23.3 Å². The van der Waals surface area contributed by atoms with Crippen LogP contribution in [0, 0.1) is 0 Å². The molecule has 2 aliphatic rings. The SMILES string of the molecule is Cn1c(N2C3CC[C@@H]2[C@H](NC(=O)OC(C)(C)C)C3)nc2c(c(-c3ccc4ncsc4c3Cl)cn2COCC[Si](C)(C)C)c1=O. The normalized spacial score (nSPS) is 20.3. The third kappa shape index (κ3) is 5.89. The lowest BCUT2D eigenvalue weighted by Crippen LogP contribution is -2.46. The molecule has 13 heteroatoms. The molecule has 2 aliphatic heterocycles. The minimum atomic E-state index is -1.28. The first-order chi connectivity index (χ1) is 20.7. The van der Waals surface area contributed by atoms with Crippen molar-refractivity contribution < 1.29 is 14.3 Å². The van der Waals surface area contributed by atoms with Gasteiger partial charge < -0.3 is 24.3 Å². The Bertz CT molecular complexity index is 1790. The first-order valence-electron chi connectivity index (χ1n) is 15.2. The molecule has 0 radical (unpaired) electrons. The minimum Gasteiger partial charge on any atom is -0.444 e. The molecule has 6 rings (SSSR count). The van der Waals surface area contributed by atoms with E-state index in [1.54, 1.807) is 17.1 Å². The lowest BCUT2D eigenvalue weighted by Gasteiger charge is -2.28. The summed E-state index contributed by atoms with van der Waals surface area (Å²) in [6.45, 7) is 13.5. The Hall–Kier alpha value is -2.93. The van der Waals surface area contributed by atoms with E-state index in [-0.39, 0.29) is 30.4 Å². The van der Waals surface area contributed by atoms with Gasteiger partial charge >= 0.3 is 6.09 Å². The molecule has 0 aliphatic carbocycles. The summed E-state index contributed by atoms with van der Waals surface area (Å²) >= 11 is 8.41. The molecule has 1 amide bonds. The van der Waals surface area contributed by atoms with Gasteiger partial charge in [0.2, 0.25) is 5.95 Å². The second-order valence-corrected chi connectivity index (χ2v) is 21.0. The zero-order chi connectivity index (χ0) is 31.6. The molecule has 3 atom stereocenters. The summed E-state index contributed by atoms with van der Waals surface area (Å²) in [5.41, 5.74) is 3.93. The molecule has 44 heavy (non-hydrogen) atoms. The molecule has 5 heterocycles. The molecule has 0 saturated carbocycles. The van der Waals surface area contributed by atoms with Crippen molar-refractivity contribution >= 4 is 64.3 Å². The van der Waals surface area contributed by atoms with Crippen molar-refractivity contribution in [2.24, 2.45) is 7.05 Å².